The number of hydrogen-bond donors (Lipinski definition) is 1. The number of fused-ring (bicyclic) bond motifs is 1. The van der Waals surface area contributed by atoms with Crippen LogP contribution in [-0.2, 0) is 4.79 Å². The van der Waals surface area contributed by atoms with Crippen molar-refractivity contribution in [3.8, 4) is 0 Å². The van der Waals surface area contributed by atoms with Crippen molar-refractivity contribution in [1.82, 2.24) is 4.57 Å². The molecule has 0 unspecified atom stereocenters. The standard InChI is InChI=1S/C22H23N3O2/c26-21(23-18-7-9-19(10-8-18)24-14-3-4-15-24)11-12-22(27)25-16-13-17-5-1-2-6-20(17)25/h1-2,5-10,13,16H,3-4,11-12,14-15H2,(H,23,26). The lowest BCUT2D eigenvalue weighted by atomic mass is 10.2. The molecule has 0 radical (unpaired) electrons. The number of carbonyl (C=O) groups is 2. The van der Waals surface area contributed by atoms with Crippen molar-refractivity contribution >= 4 is 34.1 Å². The lowest BCUT2D eigenvalue weighted by Gasteiger charge is -2.17. The van der Waals surface area contributed by atoms with E-state index in [0.29, 0.717) is 0 Å². The predicted octanol–water partition coefficient (Wildman–Crippen LogP) is 4.30. The molecular weight excluding hydrogens is 338 g/mol. The van der Waals surface area contributed by atoms with Crippen LogP contribution < -0.4 is 10.2 Å². The van der Waals surface area contributed by atoms with E-state index in [1.54, 1.807) is 10.8 Å². The van der Waals surface area contributed by atoms with Gasteiger partial charge in [0, 0.05) is 48.9 Å². The molecule has 0 aliphatic carbocycles. The van der Waals surface area contributed by atoms with Crippen molar-refractivity contribution in [3.05, 3.63) is 60.8 Å². The summed E-state index contributed by atoms with van der Waals surface area (Å²) in [6, 6.07) is 17.6. The van der Waals surface area contributed by atoms with Crippen LogP contribution in [0.5, 0.6) is 0 Å². The highest BCUT2D eigenvalue weighted by Gasteiger charge is 2.13. The minimum Gasteiger partial charge on any atom is -0.372 e. The minimum absolute atomic E-state index is 0.0734. The van der Waals surface area contributed by atoms with E-state index >= 15 is 0 Å². The Hall–Kier alpha value is -3.08. The van der Waals surface area contributed by atoms with Crippen LogP contribution >= 0.6 is 0 Å². The summed E-state index contributed by atoms with van der Waals surface area (Å²) < 4.78 is 1.62. The summed E-state index contributed by atoms with van der Waals surface area (Å²) in [5.74, 6) is -0.218. The zero-order chi connectivity index (χ0) is 18.6. The average Bonchev–Trinajstić information content (AvgIpc) is 3.37. The number of nitrogens with zero attached hydrogens (tertiary/aromatic N) is 2. The molecule has 2 heterocycles. The van der Waals surface area contributed by atoms with Crippen molar-refractivity contribution < 1.29 is 9.59 Å². The summed E-state index contributed by atoms with van der Waals surface area (Å²) in [6.45, 7) is 2.20. The maximum Gasteiger partial charge on any atom is 0.231 e. The van der Waals surface area contributed by atoms with Crippen LogP contribution in [0, 0.1) is 0 Å². The summed E-state index contributed by atoms with van der Waals surface area (Å²) in [7, 11) is 0. The number of aromatic nitrogens is 1. The van der Waals surface area contributed by atoms with Crippen LogP contribution in [0.2, 0.25) is 0 Å². The van der Waals surface area contributed by atoms with Crippen LogP contribution in [0.15, 0.2) is 60.8 Å². The van der Waals surface area contributed by atoms with Gasteiger partial charge >= 0.3 is 0 Å². The smallest absolute Gasteiger partial charge is 0.231 e. The van der Waals surface area contributed by atoms with Gasteiger partial charge in [0.2, 0.25) is 11.8 Å². The predicted molar refractivity (Wildman–Crippen MR) is 108 cm³/mol. The molecule has 1 aliphatic rings. The fourth-order valence-electron chi connectivity index (χ4n) is 3.60. The summed E-state index contributed by atoms with van der Waals surface area (Å²) >= 11 is 0. The number of amides is 1. The highest BCUT2D eigenvalue weighted by atomic mass is 16.2. The second-order valence-corrected chi connectivity index (χ2v) is 6.93. The van der Waals surface area contributed by atoms with Crippen LogP contribution in [0.25, 0.3) is 10.9 Å². The first kappa shape index (κ1) is 17.3. The number of carbonyl (C=O) groups excluding carboxylic acids is 2. The molecule has 1 aromatic heterocycles. The van der Waals surface area contributed by atoms with Gasteiger partial charge in [0.15, 0.2) is 0 Å². The minimum atomic E-state index is -0.145. The first-order chi connectivity index (χ1) is 13.2. The molecule has 0 bridgehead atoms. The third-order valence-corrected chi connectivity index (χ3v) is 5.06. The molecule has 1 saturated heterocycles. The van der Waals surface area contributed by atoms with E-state index in [4.69, 9.17) is 0 Å². The Morgan fingerprint density at radius 2 is 1.63 bits per heavy atom. The molecule has 1 amide bonds. The van der Waals surface area contributed by atoms with Gasteiger partial charge in [-0.3, -0.25) is 14.2 Å². The van der Waals surface area contributed by atoms with Crippen molar-refractivity contribution in [2.45, 2.75) is 25.7 Å². The largest absolute Gasteiger partial charge is 0.372 e. The Kier molecular flexibility index (Phi) is 4.92. The Bertz CT molecular complexity index is 953. The van der Waals surface area contributed by atoms with E-state index in [9.17, 15) is 9.59 Å². The van der Waals surface area contributed by atoms with Crippen LogP contribution in [0.4, 0.5) is 11.4 Å². The molecule has 1 N–H and O–H groups in total. The van der Waals surface area contributed by atoms with E-state index in [1.165, 1.54) is 18.5 Å². The molecule has 2 aromatic carbocycles. The molecule has 0 atom stereocenters. The fraction of sp³-hybridized carbons (Fsp3) is 0.273. The fourth-order valence-corrected chi connectivity index (χ4v) is 3.60. The molecule has 1 aliphatic heterocycles. The van der Waals surface area contributed by atoms with Crippen molar-refractivity contribution in [3.63, 3.8) is 0 Å². The maximum absolute atomic E-state index is 12.4. The molecule has 138 valence electrons. The third-order valence-electron chi connectivity index (χ3n) is 5.06. The highest BCUT2D eigenvalue weighted by Crippen LogP contribution is 2.22. The third kappa shape index (κ3) is 3.87. The summed E-state index contributed by atoms with van der Waals surface area (Å²) in [5, 5.41) is 3.90. The first-order valence-corrected chi connectivity index (χ1v) is 9.45. The SMILES string of the molecule is O=C(CCC(=O)n1ccc2ccccc21)Nc1ccc(N2CCCC2)cc1. The van der Waals surface area contributed by atoms with Gasteiger partial charge in [0.25, 0.3) is 0 Å². The van der Waals surface area contributed by atoms with Gasteiger partial charge in [-0.15, -0.1) is 0 Å². The Morgan fingerprint density at radius 1 is 0.889 bits per heavy atom. The number of nitrogens with one attached hydrogen (secondary N) is 1. The molecule has 0 saturated carbocycles. The van der Waals surface area contributed by atoms with E-state index in [1.807, 2.05) is 54.6 Å². The maximum atomic E-state index is 12.4. The number of rotatable bonds is 5. The molecule has 4 rings (SSSR count). The van der Waals surface area contributed by atoms with Gasteiger partial charge < -0.3 is 10.2 Å². The Labute approximate surface area is 158 Å². The Balaban J connectivity index is 1.32. The quantitative estimate of drug-likeness (QED) is 0.737. The van der Waals surface area contributed by atoms with Crippen molar-refractivity contribution in [2.24, 2.45) is 0 Å². The summed E-state index contributed by atoms with van der Waals surface area (Å²) in [4.78, 5) is 27.0. The normalized spacial score (nSPS) is 13.9. The molecule has 3 aromatic rings. The highest BCUT2D eigenvalue weighted by molar-refractivity contribution is 5.96. The second-order valence-electron chi connectivity index (χ2n) is 6.93. The molecule has 27 heavy (non-hydrogen) atoms. The van der Waals surface area contributed by atoms with Crippen LogP contribution in [0.3, 0.4) is 0 Å². The summed E-state index contributed by atoms with van der Waals surface area (Å²) in [5.41, 5.74) is 2.84. The molecule has 5 nitrogen and oxygen atoms in total. The zero-order valence-corrected chi connectivity index (χ0v) is 15.2. The van der Waals surface area contributed by atoms with E-state index in [-0.39, 0.29) is 24.7 Å². The molecule has 1 fully saturated rings. The van der Waals surface area contributed by atoms with E-state index < -0.39 is 0 Å². The lowest BCUT2D eigenvalue weighted by molar-refractivity contribution is -0.116. The zero-order valence-electron chi connectivity index (χ0n) is 15.2. The van der Waals surface area contributed by atoms with Gasteiger partial charge in [-0.05, 0) is 49.2 Å². The number of benzene rings is 2. The number of hydrogen-bond acceptors (Lipinski definition) is 3. The summed E-state index contributed by atoms with van der Waals surface area (Å²) in [6.07, 6.45) is 4.59. The van der Waals surface area contributed by atoms with Gasteiger partial charge in [0.05, 0.1) is 5.52 Å². The van der Waals surface area contributed by atoms with Gasteiger partial charge in [-0.1, -0.05) is 18.2 Å². The molecule has 0 spiro atoms. The molecule has 5 heteroatoms. The molecular formula is C22H23N3O2. The number of para-hydroxylation sites is 1. The average molecular weight is 361 g/mol. The topological polar surface area (TPSA) is 54.3 Å². The lowest BCUT2D eigenvalue weighted by Crippen LogP contribution is -2.18. The van der Waals surface area contributed by atoms with Gasteiger partial charge in [-0.2, -0.15) is 0 Å². The van der Waals surface area contributed by atoms with E-state index in [0.717, 1.165) is 29.7 Å². The first-order valence-electron chi connectivity index (χ1n) is 9.45. The van der Waals surface area contributed by atoms with Gasteiger partial charge in [0.1, 0.15) is 0 Å². The van der Waals surface area contributed by atoms with Crippen LogP contribution in [-0.4, -0.2) is 29.5 Å². The Morgan fingerprint density at radius 3 is 2.41 bits per heavy atom. The van der Waals surface area contributed by atoms with Crippen molar-refractivity contribution in [1.29, 1.82) is 0 Å². The van der Waals surface area contributed by atoms with Gasteiger partial charge in [-0.25, -0.2) is 0 Å². The van der Waals surface area contributed by atoms with Crippen LogP contribution in [0.1, 0.15) is 30.5 Å². The van der Waals surface area contributed by atoms with Crippen molar-refractivity contribution in [2.75, 3.05) is 23.3 Å². The van der Waals surface area contributed by atoms with E-state index in [2.05, 4.69) is 10.2 Å². The second kappa shape index (κ2) is 7.66. The number of anilines is 2. The monoisotopic (exact) mass is 361 g/mol.